The molecule has 59 heavy (non-hydrogen) atoms. The summed E-state index contributed by atoms with van der Waals surface area (Å²) in [5.74, 6) is -0.675. The number of nitrogens with zero attached hydrogens (tertiary/aromatic N) is 4. The molecule has 0 heterocycles. The van der Waals surface area contributed by atoms with E-state index in [0.717, 1.165) is 22.8 Å². The van der Waals surface area contributed by atoms with Crippen LogP contribution in [0.25, 0.3) is 33.0 Å². The zero-order valence-electron chi connectivity index (χ0n) is 30.4. The molecule has 22 heteroatoms. The van der Waals surface area contributed by atoms with Gasteiger partial charge in [0, 0.05) is 10.5 Å². The molecule has 6 aromatic carbocycles. The van der Waals surface area contributed by atoms with Gasteiger partial charge in [0.15, 0.2) is 5.75 Å². The average Bonchev–Trinajstić information content (AvgIpc) is 3.21. The molecule has 0 saturated carbocycles. The highest BCUT2D eigenvalue weighted by Gasteiger charge is 2.26. The van der Waals surface area contributed by atoms with E-state index in [1.807, 2.05) is 31.2 Å². The summed E-state index contributed by atoms with van der Waals surface area (Å²) in [6, 6.07) is 25.6. The maximum atomic E-state index is 12.6. The second-order valence-electron chi connectivity index (χ2n) is 12.4. The van der Waals surface area contributed by atoms with Crippen molar-refractivity contribution in [2.45, 2.75) is 39.9 Å². The van der Waals surface area contributed by atoms with Crippen molar-refractivity contribution < 1.29 is 60.3 Å². The minimum Gasteiger partial charge on any atom is -0.505 e. The number of fused-ring (bicyclic) bond motifs is 1. The normalized spacial score (nSPS) is 12.3. The summed E-state index contributed by atoms with van der Waals surface area (Å²) in [5, 5.41) is 53.1. The van der Waals surface area contributed by atoms with E-state index in [1.165, 1.54) is 36.4 Å². The van der Waals surface area contributed by atoms with E-state index in [4.69, 9.17) is 16.2 Å². The Kier molecular flexibility index (Phi) is 13.4. The first-order valence-electron chi connectivity index (χ1n) is 16.8. The molecule has 0 radical (unpaired) electrons. The molecule has 0 saturated heterocycles. The van der Waals surface area contributed by atoms with Crippen molar-refractivity contribution >= 4 is 83.5 Å². The van der Waals surface area contributed by atoms with Gasteiger partial charge in [0.05, 0.1) is 51.4 Å². The number of hydrogen-bond acceptors (Lipinski definition) is 18. The van der Waals surface area contributed by atoms with Gasteiger partial charge in [0.2, 0.25) is 0 Å². The van der Waals surface area contributed by atoms with Crippen LogP contribution in [0.4, 0.5) is 28.4 Å². The number of nitrogens with two attached hydrogens (primary N) is 1. The number of rotatable bonds is 15. The smallest absolute Gasteiger partial charge is 0.296 e. The Hall–Kier alpha value is -5.34. The number of aryl methyl sites for hydroxylation is 2. The highest BCUT2D eigenvalue weighted by Crippen LogP contribution is 2.50. The van der Waals surface area contributed by atoms with Crippen LogP contribution in [0.3, 0.4) is 0 Å². The number of phenolic OH excluding ortho intramolecular Hbond substituents is 1. The third kappa shape index (κ3) is 9.93. The van der Waals surface area contributed by atoms with E-state index < -0.39 is 47.2 Å². The topological polar surface area (TPSA) is 282 Å². The molecule has 306 valence electrons. The Morgan fingerprint density at radius 2 is 1.20 bits per heavy atom. The molecular formula is C37H31N5O13S4. The van der Waals surface area contributed by atoms with Gasteiger partial charge in [0.1, 0.15) is 21.2 Å². The van der Waals surface area contributed by atoms with E-state index in [1.54, 1.807) is 37.3 Å². The number of hydrogen-bond donors (Lipinski definition) is 6. The van der Waals surface area contributed by atoms with Crippen molar-refractivity contribution in [3.63, 3.8) is 0 Å². The van der Waals surface area contributed by atoms with Gasteiger partial charge in [0.25, 0.3) is 20.2 Å². The van der Waals surface area contributed by atoms with Crippen LogP contribution >= 0.6 is 24.1 Å². The summed E-state index contributed by atoms with van der Waals surface area (Å²) in [7, 11) is -9.69. The Morgan fingerprint density at radius 1 is 0.644 bits per heavy atom. The monoisotopic (exact) mass is 881 g/mol. The zero-order valence-corrected chi connectivity index (χ0v) is 33.7. The van der Waals surface area contributed by atoms with Gasteiger partial charge in [-0.2, -0.15) is 27.1 Å². The number of azo groups is 2. The molecule has 0 aliphatic rings. The van der Waals surface area contributed by atoms with Gasteiger partial charge in [-0.25, -0.2) is 10.5 Å². The van der Waals surface area contributed by atoms with Crippen molar-refractivity contribution in [3.05, 3.63) is 108 Å². The van der Waals surface area contributed by atoms with Gasteiger partial charge >= 0.3 is 0 Å². The zero-order chi connectivity index (χ0) is 42.5. The summed E-state index contributed by atoms with van der Waals surface area (Å²) >= 11 is 0.796. The van der Waals surface area contributed by atoms with Crippen molar-refractivity contribution in [1.29, 1.82) is 0 Å². The summed E-state index contributed by atoms with van der Waals surface area (Å²) in [5.41, 5.74) is 9.41. The maximum Gasteiger partial charge on any atom is 0.296 e. The Morgan fingerprint density at radius 3 is 1.81 bits per heavy atom. The summed E-state index contributed by atoms with van der Waals surface area (Å²) in [6.07, 6.45) is 0.477. The largest absolute Gasteiger partial charge is 0.505 e. The van der Waals surface area contributed by atoms with Crippen LogP contribution in [0.15, 0.2) is 137 Å². The molecule has 0 bridgehead atoms. The van der Waals surface area contributed by atoms with Crippen LogP contribution in [0, 0.1) is 6.92 Å². The molecule has 0 amide bonds. The molecule has 6 rings (SSSR count). The molecule has 6 aromatic rings. The molecule has 0 unspecified atom stereocenters. The maximum absolute atomic E-state index is 12.6. The standard InChI is InChI=1S/C37H31N5O13S4/c1-3-21-6-14-28(31(16-21)58(46,47)48)27-15-13-26(19-29(27)56-54-52-44)40-41-35-30(57-55-53-45)17-24-18-32(59(49,50)51)36(34(38)33(24)37(35)43)42-39-25-11-9-23(10-12-25)22-7-4-20(2)5-8-22/h4-19,43-45H,3,38H2,1-2H3,(H,46,47,48)(H,49,50,51)/b41-40+,42-39+. The minimum absolute atomic E-state index is 0.0510. The Labute approximate surface area is 344 Å². The predicted molar refractivity (Wildman–Crippen MR) is 217 cm³/mol. The van der Waals surface area contributed by atoms with Gasteiger partial charge in [-0.05, 0) is 83.4 Å². The fraction of sp³-hybridized carbons (Fsp3) is 0.0811. The molecule has 0 aliphatic carbocycles. The fourth-order valence-electron chi connectivity index (χ4n) is 5.84. The highest BCUT2D eigenvalue weighted by atomic mass is 32.2. The van der Waals surface area contributed by atoms with Crippen molar-refractivity contribution in [2.75, 3.05) is 5.73 Å². The summed E-state index contributed by atoms with van der Waals surface area (Å²) in [4.78, 5) is -1.11. The first-order valence-corrected chi connectivity index (χ1v) is 21.1. The molecule has 0 atom stereocenters. The Bertz CT molecular complexity index is 2820. The molecule has 18 nitrogen and oxygen atoms in total. The fourth-order valence-corrected chi connectivity index (χ4v) is 8.31. The third-order valence-corrected chi connectivity index (χ3v) is 11.7. The lowest BCUT2D eigenvalue weighted by atomic mass is 10.0. The van der Waals surface area contributed by atoms with Gasteiger partial charge in [-0.1, -0.05) is 77.2 Å². The van der Waals surface area contributed by atoms with Crippen molar-refractivity contribution in [1.82, 2.24) is 0 Å². The molecule has 0 aromatic heterocycles. The number of nitrogen functional groups attached to an aromatic ring is 1. The van der Waals surface area contributed by atoms with Gasteiger partial charge < -0.3 is 10.8 Å². The molecule has 7 N–H and O–H groups in total. The first-order chi connectivity index (χ1) is 28.1. The van der Waals surface area contributed by atoms with Gasteiger partial charge in [-0.15, -0.1) is 18.9 Å². The van der Waals surface area contributed by atoms with E-state index in [0.29, 0.717) is 41.8 Å². The molecular weight excluding hydrogens is 851 g/mol. The number of benzene rings is 6. The van der Waals surface area contributed by atoms with Crippen LogP contribution < -0.4 is 5.73 Å². The summed E-state index contributed by atoms with van der Waals surface area (Å²) in [6.45, 7) is 3.78. The van der Waals surface area contributed by atoms with E-state index in [-0.39, 0.29) is 43.1 Å². The average molecular weight is 882 g/mol. The minimum atomic E-state index is -4.99. The molecule has 0 fully saturated rings. The SMILES string of the molecule is CCc1ccc(-c2ccc(/N=N/c3c(SOOO)cc4cc(S(=O)(=O)O)c(/N=N/c5ccc(-c6ccc(C)cc6)cc5)c(N)c4c3O)cc2SOOO)c(S(=O)(=O)O)c1. The van der Waals surface area contributed by atoms with E-state index >= 15 is 0 Å². The second kappa shape index (κ2) is 18.3. The third-order valence-electron chi connectivity index (χ3n) is 8.67. The van der Waals surface area contributed by atoms with Crippen molar-refractivity contribution in [2.24, 2.45) is 20.5 Å². The van der Waals surface area contributed by atoms with Crippen LogP contribution in [-0.2, 0) is 45.4 Å². The number of aromatic hydroxyl groups is 1. The van der Waals surface area contributed by atoms with Crippen LogP contribution in [0.5, 0.6) is 5.75 Å². The van der Waals surface area contributed by atoms with E-state index in [9.17, 15) is 31.0 Å². The van der Waals surface area contributed by atoms with E-state index in [2.05, 4.69) is 39.2 Å². The highest BCUT2D eigenvalue weighted by molar-refractivity contribution is 7.95. The van der Waals surface area contributed by atoms with Gasteiger partial charge in [-0.3, -0.25) is 9.11 Å². The summed E-state index contributed by atoms with van der Waals surface area (Å²) < 4.78 is 79.3. The first kappa shape index (κ1) is 43.2. The molecule has 0 aliphatic heterocycles. The van der Waals surface area contributed by atoms with Crippen LogP contribution in [-0.4, -0.2) is 41.6 Å². The quantitative estimate of drug-likeness (QED) is 0.0140. The second-order valence-corrected chi connectivity index (χ2v) is 16.7. The van der Waals surface area contributed by atoms with Crippen LogP contribution in [0.1, 0.15) is 18.1 Å². The predicted octanol–water partition coefficient (Wildman–Crippen LogP) is 10.5. The lowest BCUT2D eigenvalue weighted by molar-refractivity contribution is -0.432. The number of phenols is 1. The Balaban J connectivity index is 1.44. The number of anilines is 1. The van der Waals surface area contributed by atoms with Crippen LogP contribution in [0.2, 0.25) is 0 Å². The van der Waals surface area contributed by atoms with Crippen molar-refractivity contribution in [3.8, 4) is 28.0 Å². The lowest BCUT2D eigenvalue weighted by Crippen LogP contribution is -2.02. The lowest BCUT2D eigenvalue weighted by Gasteiger charge is -2.14. The molecule has 0 spiro atoms.